The number of aldehydes is 1. The summed E-state index contributed by atoms with van der Waals surface area (Å²) in [6.07, 6.45) is 0.988. The third-order valence-electron chi connectivity index (χ3n) is 7.29. The van der Waals surface area contributed by atoms with E-state index in [9.17, 15) is 14.7 Å². The summed E-state index contributed by atoms with van der Waals surface area (Å²) in [5.41, 5.74) is 4.41. The van der Waals surface area contributed by atoms with Crippen molar-refractivity contribution < 1.29 is 38.4 Å². The van der Waals surface area contributed by atoms with E-state index in [1.54, 1.807) is 68.8 Å². The standard InChI is InChI=1S/C25H18N2O6S.C8H8O2/c1-30-20-5-3-2-4-14(20)10-17-23(15-6-8-18-19(11-15)27-34-26-18)24(28)33-25(17,29)16-7-9-21-22(12-16)32-13-31-21;1-10-8-5-3-2-4-7(8)6-9/h2-9,11-12,29H,10,13H2,1H3;2-6H,1H3. The molecule has 2 aliphatic rings. The molecule has 7 rings (SSSR count). The molecule has 0 saturated carbocycles. The SMILES string of the molecule is COc1ccccc1C=O.COc1ccccc1CC1=C(c2ccc3nsnc3c2)C(=O)OC1(O)c1ccc2c(c1)OCO2. The molecule has 1 N–H and O–H groups in total. The molecular formula is C33H26N2O8S. The lowest BCUT2D eigenvalue weighted by Gasteiger charge is -2.26. The predicted molar refractivity (Wildman–Crippen MR) is 162 cm³/mol. The number of hydrogen-bond acceptors (Lipinski definition) is 11. The van der Waals surface area contributed by atoms with Gasteiger partial charge in [0.15, 0.2) is 17.8 Å². The molecule has 11 heteroatoms. The molecule has 0 fully saturated rings. The Morgan fingerprint density at radius 3 is 2.39 bits per heavy atom. The number of hydrogen-bond donors (Lipinski definition) is 1. The van der Waals surface area contributed by atoms with Crippen molar-refractivity contribution in [3.8, 4) is 23.0 Å². The number of benzene rings is 4. The summed E-state index contributed by atoms with van der Waals surface area (Å²) in [5.74, 6) is -0.342. The summed E-state index contributed by atoms with van der Waals surface area (Å²) in [4.78, 5) is 23.6. The number of rotatable bonds is 7. The molecule has 222 valence electrons. The monoisotopic (exact) mass is 610 g/mol. The number of para-hydroxylation sites is 2. The molecule has 0 radical (unpaired) electrons. The molecule has 0 amide bonds. The second-order valence-corrected chi connectivity index (χ2v) is 10.3. The van der Waals surface area contributed by atoms with Crippen LogP contribution in [0, 0.1) is 0 Å². The van der Waals surface area contributed by atoms with Crippen molar-refractivity contribution in [3.05, 3.63) is 113 Å². The molecule has 1 unspecified atom stereocenters. The first-order valence-corrected chi connectivity index (χ1v) is 14.2. The topological polar surface area (TPSA) is 126 Å². The largest absolute Gasteiger partial charge is 0.496 e. The predicted octanol–water partition coefficient (Wildman–Crippen LogP) is 5.33. The zero-order valence-electron chi connectivity index (χ0n) is 23.7. The van der Waals surface area contributed by atoms with Crippen LogP contribution in [0.5, 0.6) is 23.0 Å². The van der Waals surface area contributed by atoms with Crippen molar-refractivity contribution in [2.45, 2.75) is 12.2 Å². The molecular weight excluding hydrogens is 584 g/mol. The van der Waals surface area contributed by atoms with Crippen molar-refractivity contribution in [2.24, 2.45) is 0 Å². The van der Waals surface area contributed by atoms with Crippen LogP contribution in [0.1, 0.15) is 27.0 Å². The van der Waals surface area contributed by atoms with E-state index in [0.29, 0.717) is 50.8 Å². The highest BCUT2D eigenvalue weighted by molar-refractivity contribution is 7.00. The molecule has 0 aliphatic carbocycles. The van der Waals surface area contributed by atoms with Crippen LogP contribution in [0.25, 0.3) is 16.6 Å². The fourth-order valence-corrected chi connectivity index (χ4v) is 5.64. The Hall–Kier alpha value is -5.26. The number of ether oxygens (including phenoxy) is 5. The maximum absolute atomic E-state index is 13.3. The van der Waals surface area contributed by atoms with Gasteiger partial charge in [0.25, 0.3) is 5.79 Å². The number of methoxy groups -OCH3 is 2. The number of esters is 1. The molecule has 2 aliphatic heterocycles. The third-order valence-corrected chi connectivity index (χ3v) is 7.84. The van der Waals surface area contributed by atoms with E-state index in [1.807, 2.05) is 30.3 Å². The first-order valence-electron chi connectivity index (χ1n) is 13.5. The summed E-state index contributed by atoms with van der Waals surface area (Å²) in [5, 5.41) is 11.9. The van der Waals surface area contributed by atoms with Crippen LogP contribution >= 0.6 is 11.7 Å². The van der Waals surface area contributed by atoms with Gasteiger partial charge in [-0.3, -0.25) is 4.79 Å². The average Bonchev–Trinajstić information content (AvgIpc) is 3.79. The van der Waals surface area contributed by atoms with E-state index in [4.69, 9.17) is 23.7 Å². The number of aliphatic hydroxyl groups is 1. The smallest absolute Gasteiger partial charge is 0.342 e. The van der Waals surface area contributed by atoms with Gasteiger partial charge >= 0.3 is 5.97 Å². The Morgan fingerprint density at radius 2 is 1.61 bits per heavy atom. The minimum atomic E-state index is -2.01. The molecule has 0 saturated heterocycles. The zero-order chi connectivity index (χ0) is 30.7. The normalized spacial score (nSPS) is 16.8. The van der Waals surface area contributed by atoms with Gasteiger partial charge in [-0.15, -0.1) is 0 Å². The highest BCUT2D eigenvalue weighted by Crippen LogP contribution is 2.47. The van der Waals surface area contributed by atoms with Crippen LogP contribution in [0.15, 0.2) is 90.5 Å². The average molecular weight is 611 g/mol. The maximum atomic E-state index is 13.3. The molecule has 10 nitrogen and oxygen atoms in total. The van der Waals surface area contributed by atoms with Gasteiger partial charge in [0.2, 0.25) is 6.79 Å². The number of aromatic nitrogens is 2. The van der Waals surface area contributed by atoms with E-state index in [1.165, 1.54) is 0 Å². The number of cyclic esters (lactones) is 1. The number of fused-ring (bicyclic) bond motifs is 2. The van der Waals surface area contributed by atoms with Crippen molar-refractivity contribution in [1.82, 2.24) is 8.75 Å². The summed E-state index contributed by atoms with van der Waals surface area (Å²) >= 11 is 1.10. The summed E-state index contributed by atoms with van der Waals surface area (Å²) in [7, 11) is 3.12. The summed E-state index contributed by atoms with van der Waals surface area (Å²) in [6.45, 7) is 0.0911. The van der Waals surface area contributed by atoms with Gasteiger partial charge in [0, 0.05) is 17.6 Å². The minimum Gasteiger partial charge on any atom is -0.496 e. The van der Waals surface area contributed by atoms with Gasteiger partial charge in [-0.1, -0.05) is 36.4 Å². The van der Waals surface area contributed by atoms with Crippen molar-refractivity contribution in [1.29, 1.82) is 0 Å². The van der Waals surface area contributed by atoms with Crippen LogP contribution in [0.2, 0.25) is 0 Å². The van der Waals surface area contributed by atoms with Gasteiger partial charge < -0.3 is 28.8 Å². The van der Waals surface area contributed by atoms with Crippen LogP contribution in [0.3, 0.4) is 0 Å². The Balaban J connectivity index is 0.000000294. The number of carbonyl (C=O) groups excluding carboxylic acids is 2. The molecule has 3 heterocycles. The van der Waals surface area contributed by atoms with E-state index in [-0.39, 0.29) is 18.8 Å². The lowest BCUT2D eigenvalue weighted by Crippen LogP contribution is -2.29. The summed E-state index contributed by atoms with van der Waals surface area (Å²) in [6, 6.07) is 24.9. The van der Waals surface area contributed by atoms with Crippen LogP contribution in [-0.2, 0) is 21.7 Å². The summed E-state index contributed by atoms with van der Waals surface area (Å²) < 4.78 is 35.5. The molecule has 1 atom stereocenters. The second kappa shape index (κ2) is 12.2. The molecule has 44 heavy (non-hydrogen) atoms. The molecule has 4 aromatic carbocycles. The van der Waals surface area contributed by atoms with Crippen LogP contribution in [0.4, 0.5) is 0 Å². The lowest BCUT2D eigenvalue weighted by molar-refractivity contribution is -0.185. The highest BCUT2D eigenvalue weighted by atomic mass is 32.1. The van der Waals surface area contributed by atoms with Gasteiger partial charge in [-0.25, -0.2) is 4.79 Å². The van der Waals surface area contributed by atoms with Gasteiger partial charge in [0.05, 0.1) is 37.1 Å². The van der Waals surface area contributed by atoms with Gasteiger partial charge in [-0.2, -0.15) is 8.75 Å². The Bertz CT molecular complexity index is 1900. The third kappa shape index (κ3) is 5.34. The van der Waals surface area contributed by atoms with E-state index < -0.39 is 11.8 Å². The minimum absolute atomic E-state index is 0.0911. The van der Waals surface area contributed by atoms with E-state index in [0.717, 1.165) is 29.1 Å². The molecule has 0 bridgehead atoms. The Kier molecular flexibility index (Phi) is 7.97. The van der Waals surface area contributed by atoms with Crippen LogP contribution < -0.4 is 18.9 Å². The fraction of sp³-hybridized carbons (Fsp3) is 0.152. The van der Waals surface area contributed by atoms with E-state index in [2.05, 4.69) is 8.75 Å². The van der Waals surface area contributed by atoms with Gasteiger partial charge in [0.1, 0.15) is 22.5 Å². The first-order chi connectivity index (χ1) is 21.4. The number of carbonyl (C=O) groups is 2. The molecule has 0 spiro atoms. The molecule has 1 aromatic heterocycles. The van der Waals surface area contributed by atoms with E-state index >= 15 is 0 Å². The Labute approximate surface area is 256 Å². The quantitative estimate of drug-likeness (QED) is 0.191. The van der Waals surface area contributed by atoms with Crippen LogP contribution in [-0.4, -0.2) is 47.1 Å². The fourth-order valence-electron chi connectivity index (χ4n) is 5.12. The zero-order valence-corrected chi connectivity index (χ0v) is 24.5. The van der Waals surface area contributed by atoms with Crippen molar-refractivity contribution in [2.75, 3.05) is 21.0 Å². The van der Waals surface area contributed by atoms with Gasteiger partial charge in [-0.05, 0) is 59.7 Å². The Morgan fingerprint density at radius 1 is 0.886 bits per heavy atom. The highest BCUT2D eigenvalue weighted by Gasteiger charge is 2.48. The van der Waals surface area contributed by atoms with Crippen molar-refractivity contribution in [3.63, 3.8) is 0 Å². The second-order valence-electron chi connectivity index (χ2n) is 9.77. The molecule has 5 aromatic rings. The van der Waals surface area contributed by atoms with Crippen molar-refractivity contribution >= 4 is 40.6 Å². The maximum Gasteiger partial charge on any atom is 0.342 e. The lowest BCUT2D eigenvalue weighted by atomic mass is 9.87. The first kappa shape index (κ1) is 28.8. The number of nitrogens with zero attached hydrogens (tertiary/aromatic N) is 2.